The molecule has 0 saturated heterocycles. The highest BCUT2D eigenvalue weighted by Crippen LogP contribution is 2.26. The summed E-state index contributed by atoms with van der Waals surface area (Å²) in [5.74, 6) is 0.394. The van der Waals surface area contributed by atoms with Crippen molar-refractivity contribution in [3.05, 3.63) is 35.5 Å². The predicted octanol–water partition coefficient (Wildman–Crippen LogP) is 3.72. The van der Waals surface area contributed by atoms with Crippen LogP contribution in [0.15, 0.2) is 30.5 Å². The summed E-state index contributed by atoms with van der Waals surface area (Å²) in [5, 5.41) is 3.33. The number of anilines is 1. The second-order valence-electron chi connectivity index (χ2n) is 5.76. The zero-order valence-electron chi connectivity index (χ0n) is 15.2. The summed E-state index contributed by atoms with van der Waals surface area (Å²) in [4.78, 5) is 20.9. The van der Waals surface area contributed by atoms with E-state index in [4.69, 9.17) is 25.8 Å². The Hall–Kier alpha value is -2.54. The minimum absolute atomic E-state index is 0.186. The van der Waals surface area contributed by atoms with E-state index in [0.29, 0.717) is 29.7 Å². The van der Waals surface area contributed by atoms with E-state index < -0.39 is 5.60 Å². The number of nitrogens with one attached hydrogen (secondary N) is 1. The molecule has 0 bridgehead atoms. The van der Waals surface area contributed by atoms with Crippen LogP contribution in [0.25, 0.3) is 0 Å². The van der Waals surface area contributed by atoms with Crippen molar-refractivity contribution in [1.29, 1.82) is 0 Å². The maximum absolute atomic E-state index is 12.7. The molecule has 0 fully saturated rings. The van der Waals surface area contributed by atoms with E-state index >= 15 is 0 Å². The van der Waals surface area contributed by atoms with Crippen molar-refractivity contribution in [2.45, 2.75) is 33.3 Å². The van der Waals surface area contributed by atoms with Crippen LogP contribution >= 0.6 is 11.6 Å². The van der Waals surface area contributed by atoms with E-state index in [2.05, 4.69) is 15.3 Å². The first-order valence-electron chi connectivity index (χ1n) is 8.24. The SMILES string of the molecule is CCOc1ncc(NC(=O)C(C)(C)Oc2ccc(Cl)cc2)c(OCC)n1. The fourth-order valence-electron chi connectivity index (χ4n) is 2.00. The molecule has 7 nitrogen and oxygen atoms in total. The van der Waals surface area contributed by atoms with E-state index in [9.17, 15) is 4.79 Å². The average Bonchev–Trinajstić information content (AvgIpc) is 2.59. The zero-order chi connectivity index (χ0) is 19.2. The van der Waals surface area contributed by atoms with Gasteiger partial charge in [-0.3, -0.25) is 4.79 Å². The molecule has 140 valence electrons. The highest BCUT2D eigenvalue weighted by Gasteiger charge is 2.31. The van der Waals surface area contributed by atoms with Crippen LogP contribution < -0.4 is 19.5 Å². The molecular weight excluding hydrogens is 358 g/mol. The van der Waals surface area contributed by atoms with Gasteiger partial charge in [0.05, 0.1) is 19.4 Å². The number of aromatic nitrogens is 2. The molecule has 26 heavy (non-hydrogen) atoms. The lowest BCUT2D eigenvalue weighted by molar-refractivity contribution is -0.128. The quantitative estimate of drug-likeness (QED) is 0.752. The third-order valence-electron chi connectivity index (χ3n) is 3.27. The molecule has 0 saturated carbocycles. The monoisotopic (exact) mass is 379 g/mol. The summed E-state index contributed by atoms with van der Waals surface area (Å²) >= 11 is 5.86. The number of hydrogen-bond acceptors (Lipinski definition) is 6. The van der Waals surface area contributed by atoms with Gasteiger partial charge in [0.15, 0.2) is 5.60 Å². The zero-order valence-corrected chi connectivity index (χ0v) is 16.0. The molecule has 2 aromatic rings. The van der Waals surface area contributed by atoms with Crippen molar-refractivity contribution in [3.8, 4) is 17.6 Å². The number of benzene rings is 1. The summed E-state index contributed by atoms with van der Waals surface area (Å²) in [7, 11) is 0. The van der Waals surface area contributed by atoms with E-state index in [1.807, 2.05) is 13.8 Å². The standard InChI is InChI=1S/C18H22ClN3O4/c1-5-24-15-14(11-20-17(22-15)25-6-2)21-16(23)18(3,4)26-13-9-7-12(19)8-10-13/h7-11H,5-6H2,1-4H3,(H,21,23). The Balaban J connectivity index is 2.15. The van der Waals surface area contributed by atoms with Crippen molar-refractivity contribution in [2.75, 3.05) is 18.5 Å². The van der Waals surface area contributed by atoms with Crippen LogP contribution in [0, 0.1) is 0 Å². The maximum Gasteiger partial charge on any atom is 0.319 e. The number of ether oxygens (including phenoxy) is 3. The Morgan fingerprint density at radius 3 is 2.42 bits per heavy atom. The van der Waals surface area contributed by atoms with Crippen molar-refractivity contribution >= 4 is 23.2 Å². The number of carbonyl (C=O) groups is 1. The Labute approximate surface area is 157 Å². The Morgan fingerprint density at radius 1 is 1.15 bits per heavy atom. The molecule has 1 N–H and O–H groups in total. The van der Waals surface area contributed by atoms with Crippen LogP contribution in [0.2, 0.25) is 5.02 Å². The second kappa shape index (κ2) is 8.71. The summed E-state index contributed by atoms with van der Waals surface area (Å²) in [6, 6.07) is 6.97. The molecule has 1 amide bonds. The van der Waals surface area contributed by atoms with Gasteiger partial charge < -0.3 is 19.5 Å². The van der Waals surface area contributed by atoms with Gasteiger partial charge >= 0.3 is 6.01 Å². The highest BCUT2D eigenvalue weighted by molar-refractivity contribution is 6.30. The van der Waals surface area contributed by atoms with Gasteiger partial charge in [0.25, 0.3) is 5.91 Å². The fourth-order valence-corrected chi connectivity index (χ4v) is 2.12. The number of rotatable bonds is 8. The third kappa shape index (κ3) is 5.23. The van der Waals surface area contributed by atoms with E-state index in [-0.39, 0.29) is 17.8 Å². The minimum atomic E-state index is -1.14. The summed E-state index contributed by atoms with van der Waals surface area (Å²) in [6.45, 7) is 7.78. The summed E-state index contributed by atoms with van der Waals surface area (Å²) in [6.07, 6.45) is 1.44. The third-order valence-corrected chi connectivity index (χ3v) is 3.52. The molecule has 0 unspecified atom stereocenters. The van der Waals surface area contributed by atoms with Gasteiger partial charge in [0, 0.05) is 5.02 Å². The van der Waals surface area contributed by atoms with Gasteiger partial charge in [-0.15, -0.1) is 0 Å². The van der Waals surface area contributed by atoms with Crippen LogP contribution in [0.4, 0.5) is 5.69 Å². The molecule has 1 heterocycles. The number of nitrogens with zero attached hydrogens (tertiary/aromatic N) is 2. The van der Waals surface area contributed by atoms with Crippen LogP contribution in [0.1, 0.15) is 27.7 Å². The second-order valence-corrected chi connectivity index (χ2v) is 6.19. The Kier molecular flexibility index (Phi) is 6.63. The molecule has 0 spiro atoms. The fraction of sp³-hybridized carbons (Fsp3) is 0.389. The number of hydrogen-bond donors (Lipinski definition) is 1. The van der Waals surface area contributed by atoms with E-state index in [1.54, 1.807) is 38.1 Å². The molecule has 0 radical (unpaired) electrons. The largest absolute Gasteiger partial charge is 0.478 e. The molecule has 0 atom stereocenters. The lowest BCUT2D eigenvalue weighted by Crippen LogP contribution is -2.42. The molecule has 0 aliphatic heterocycles. The molecule has 2 rings (SSSR count). The predicted molar refractivity (Wildman–Crippen MR) is 99.2 cm³/mol. The summed E-state index contributed by atoms with van der Waals surface area (Å²) < 4.78 is 16.5. The highest BCUT2D eigenvalue weighted by atomic mass is 35.5. The van der Waals surface area contributed by atoms with Gasteiger partial charge in [0.1, 0.15) is 11.4 Å². The minimum Gasteiger partial charge on any atom is -0.478 e. The van der Waals surface area contributed by atoms with Crippen LogP contribution in [-0.2, 0) is 4.79 Å². The molecular formula is C18H22ClN3O4. The topological polar surface area (TPSA) is 82.6 Å². The Morgan fingerprint density at radius 2 is 1.81 bits per heavy atom. The summed E-state index contributed by atoms with van der Waals surface area (Å²) in [5.41, 5.74) is -0.802. The van der Waals surface area contributed by atoms with Crippen molar-refractivity contribution < 1.29 is 19.0 Å². The van der Waals surface area contributed by atoms with E-state index in [1.165, 1.54) is 6.20 Å². The van der Waals surface area contributed by atoms with Crippen LogP contribution in [0.3, 0.4) is 0 Å². The lowest BCUT2D eigenvalue weighted by atomic mass is 10.1. The lowest BCUT2D eigenvalue weighted by Gasteiger charge is -2.25. The molecule has 8 heteroatoms. The van der Waals surface area contributed by atoms with Crippen molar-refractivity contribution in [1.82, 2.24) is 9.97 Å². The van der Waals surface area contributed by atoms with Gasteiger partial charge in [-0.2, -0.15) is 4.98 Å². The van der Waals surface area contributed by atoms with Gasteiger partial charge in [0.2, 0.25) is 5.88 Å². The molecule has 1 aromatic carbocycles. The first kappa shape index (κ1) is 19.8. The first-order valence-corrected chi connectivity index (χ1v) is 8.62. The van der Waals surface area contributed by atoms with Crippen LogP contribution in [0.5, 0.6) is 17.6 Å². The Bertz CT molecular complexity index is 751. The smallest absolute Gasteiger partial charge is 0.319 e. The van der Waals surface area contributed by atoms with Gasteiger partial charge in [-0.25, -0.2) is 4.98 Å². The molecule has 0 aliphatic rings. The van der Waals surface area contributed by atoms with Crippen molar-refractivity contribution in [2.24, 2.45) is 0 Å². The number of carbonyl (C=O) groups excluding carboxylic acids is 1. The average molecular weight is 380 g/mol. The number of halogens is 1. The van der Waals surface area contributed by atoms with E-state index in [0.717, 1.165) is 0 Å². The van der Waals surface area contributed by atoms with Gasteiger partial charge in [-0.05, 0) is 52.0 Å². The number of amides is 1. The molecule has 1 aromatic heterocycles. The normalized spacial score (nSPS) is 11.0. The van der Waals surface area contributed by atoms with Crippen LogP contribution in [-0.4, -0.2) is 34.7 Å². The molecule has 0 aliphatic carbocycles. The maximum atomic E-state index is 12.7. The van der Waals surface area contributed by atoms with Gasteiger partial charge in [-0.1, -0.05) is 11.6 Å². The van der Waals surface area contributed by atoms with Crippen molar-refractivity contribution in [3.63, 3.8) is 0 Å². The first-order chi connectivity index (χ1) is 12.4.